The molecule has 0 aliphatic rings. The summed E-state index contributed by atoms with van der Waals surface area (Å²) in [4.78, 5) is 0. The summed E-state index contributed by atoms with van der Waals surface area (Å²) < 4.78 is 0. The molecule has 0 fully saturated rings. The highest BCUT2D eigenvalue weighted by Crippen LogP contribution is 2.28. The molecule has 3 aromatic carbocycles. The first-order chi connectivity index (χ1) is 13.2. The number of rotatable bonds is 8. The lowest BCUT2D eigenvalue weighted by atomic mass is 9.90. The fraction of sp³-hybridized carbons (Fsp3) is 0.308. The third-order valence-corrected chi connectivity index (χ3v) is 5.27. The van der Waals surface area contributed by atoms with Crippen molar-refractivity contribution in [3.05, 3.63) is 100 Å². The van der Waals surface area contributed by atoms with Gasteiger partial charge in [0, 0.05) is 12.0 Å². The minimum Gasteiger partial charge on any atom is -0.508 e. The van der Waals surface area contributed by atoms with Crippen LogP contribution in [0.1, 0.15) is 60.1 Å². The molecule has 3 aromatic rings. The van der Waals surface area contributed by atoms with Crippen LogP contribution in [0.4, 0.5) is 0 Å². The van der Waals surface area contributed by atoms with Crippen molar-refractivity contribution in [2.45, 2.75) is 52.4 Å². The van der Waals surface area contributed by atoms with Gasteiger partial charge in [-0.1, -0.05) is 87.4 Å². The molecule has 0 aliphatic heterocycles. The van der Waals surface area contributed by atoms with E-state index in [9.17, 15) is 5.11 Å². The van der Waals surface area contributed by atoms with Crippen LogP contribution >= 0.6 is 0 Å². The summed E-state index contributed by atoms with van der Waals surface area (Å²) in [6.07, 6.45) is 6.12. The molecule has 3 rings (SSSR count). The first kappa shape index (κ1) is 19.2. The van der Waals surface area contributed by atoms with E-state index in [1.54, 1.807) is 0 Å². The second-order valence-electron chi connectivity index (χ2n) is 7.31. The van der Waals surface area contributed by atoms with Gasteiger partial charge in [0.05, 0.1) is 0 Å². The van der Waals surface area contributed by atoms with E-state index in [1.165, 1.54) is 27.8 Å². The van der Waals surface area contributed by atoms with E-state index in [0.717, 1.165) is 44.1 Å². The number of phenolic OH excluding ortho intramolecular Hbond substituents is 1. The highest BCUT2D eigenvalue weighted by molar-refractivity contribution is 5.46. The SMILES string of the molecule is CCCc1ccccc1Cc1cccc(O)c1Cc1ccccc1CCC. The molecule has 27 heavy (non-hydrogen) atoms. The molecule has 0 unspecified atom stereocenters. The lowest BCUT2D eigenvalue weighted by Crippen LogP contribution is -2.02. The molecular weight excluding hydrogens is 328 g/mol. The Labute approximate surface area is 163 Å². The third-order valence-electron chi connectivity index (χ3n) is 5.27. The Morgan fingerprint density at radius 1 is 0.556 bits per heavy atom. The number of hydrogen-bond donors (Lipinski definition) is 1. The molecule has 0 amide bonds. The first-order valence-electron chi connectivity index (χ1n) is 10.2. The normalized spacial score (nSPS) is 10.9. The summed E-state index contributed by atoms with van der Waals surface area (Å²) in [6.45, 7) is 4.44. The van der Waals surface area contributed by atoms with Gasteiger partial charge in [-0.15, -0.1) is 0 Å². The standard InChI is InChI=1S/C26H30O/c1-3-10-20-12-5-7-14-22(20)18-24-16-9-17-26(27)25(24)19-23-15-8-6-13-21(23)11-4-2/h5-9,12-17,27H,3-4,10-11,18-19H2,1-2H3. The maximum Gasteiger partial charge on any atom is 0.119 e. The van der Waals surface area contributed by atoms with Crippen molar-refractivity contribution in [2.24, 2.45) is 0 Å². The van der Waals surface area contributed by atoms with Gasteiger partial charge < -0.3 is 5.11 Å². The monoisotopic (exact) mass is 358 g/mol. The van der Waals surface area contributed by atoms with Gasteiger partial charge in [0.2, 0.25) is 0 Å². The van der Waals surface area contributed by atoms with Crippen LogP contribution in [0.25, 0.3) is 0 Å². The summed E-state index contributed by atoms with van der Waals surface area (Å²) in [5, 5.41) is 10.6. The van der Waals surface area contributed by atoms with Crippen LogP contribution in [0.5, 0.6) is 5.75 Å². The molecule has 1 nitrogen and oxygen atoms in total. The summed E-state index contributed by atoms with van der Waals surface area (Å²) in [5.74, 6) is 0.409. The molecule has 0 atom stereocenters. The maximum absolute atomic E-state index is 10.6. The number of aryl methyl sites for hydroxylation is 2. The molecule has 0 bridgehead atoms. The minimum absolute atomic E-state index is 0.409. The van der Waals surface area contributed by atoms with E-state index >= 15 is 0 Å². The molecule has 1 N–H and O–H groups in total. The lowest BCUT2D eigenvalue weighted by Gasteiger charge is -2.16. The highest BCUT2D eigenvalue weighted by Gasteiger charge is 2.13. The molecule has 0 heterocycles. The van der Waals surface area contributed by atoms with Crippen molar-refractivity contribution in [3.63, 3.8) is 0 Å². The average molecular weight is 359 g/mol. The van der Waals surface area contributed by atoms with Crippen LogP contribution in [-0.2, 0) is 25.7 Å². The number of hydrogen-bond acceptors (Lipinski definition) is 1. The Kier molecular flexibility index (Phi) is 6.70. The van der Waals surface area contributed by atoms with Crippen molar-refractivity contribution in [1.29, 1.82) is 0 Å². The summed E-state index contributed by atoms with van der Waals surface area (Å²) in [5.41, 5.74) is 7.79. The van der Waals surface area contributed by atoms with Crippen LogP contribution in [0.15, 0.2) is 66.7 Å². The van der Waals surface area contributed by atoms with Crippen LogP contribution in [0, 0.1) is 0 Å². The van der Waals surface area contributed by atoms with Crippen LogP contribution in [0.2, 0.25) is 0 Å². The van der Waals surface area contributed by atoms with Gasteiger partial charge in [-0.25, -0.2) is 0 Å². The fourth-order valence-electron chi connectivity index (χ4n) is 3.87. The lowest BCUT2D eigenvalue weighted by molar-refractivity contribution is 0.468. The second kappa shape index (κ2) is 9.41. The van der Waals surface area contributed by atoms with E-state index in [0.29, 0.717) is 5.75 Å². The summed E-state index contributed by atoms with van der Waals surface area (Å²) >= 11 is 0. The predicted molar refractivity (Wildman–Crippen MR) is 115 cm³/mol. The van der Waals surface area contributed by atoms with Crippen LogP contribution in [-0.4, -0.2) is 5.11 Å². The Morgan fingerprint density at radius 2 is 1.04 bits per heavy atom. The molecule has 0 saturated carbocycles. The van der Waals surface area contributed by atoms with Crippen LogP contribution < -0.4 is 0 Å². The van der Waals surface area contributed by atoms with E-state index in [1.807, 2.05) is 12.1 Å². The zero-order chi connectivity index (χ0) is 19.1. The van der Waals surface area contributed by atoms with Gasteiger partial charge in [0.25, 0.3) is 0 Å². The molecule has 0 aliphatic carbocycles. The van der Waals surface area contributed by atoms with Crippen molar-refractivity contribution in [2.75, 3.05) is 0 Å². The zero-order valence-corrected chi connectivity index (χ0v) is 16.5. The Balaban J connectivity index is 1.95. The molecule has 0 spiro atoms. The van der Waals surface area contributed by atoms with Gasteiger partial charge in [-0.3, -0.25) is 0 Å². The smallest absolute Gasteiger partial charge is 0.119 e. The zero-order valence-electron chi connectivity index (χ0n) is 16.5. The minimum atomic E-state index is 0.409. The highest BCUT2D eigenvalue weighted by atomic mass is 16.3. The average Bonchev–Trinajstić information content (AvgIpc) is 2.68. The predicted octanol–water partition coefficient (Wildman–Crippen LogP) is 6.48. The van der Waals surface area contributed by atoms with E-state index in [-0.39, 0.29) is 0 Å². The maximum atomic E-state index is 10.6. The molecule has 140 valence electrons. The largest absolute Gasteiger partial charge is 0.508 e. The van der Waals surface area contributed by atoms with Crippen molar-refractivity contribution >= 4 is 0 Å². The number of benzene rings is 3. The van der Waals surface area contributed by atoms with Gasteiger partial charge in [-0.05, 0) is 53.1 Å². The number of aromatic hydroxyl groups is 1. The second-order valence-corrected chi connectivity index (χ2v) is 7.31. The molecule has 0 saturated heterocycles. The van der Waals surface area contributed by atoms with Gasteiger partial charge >= 0.3 is 0 Å². The molecule has 0 aromatic heterocycles. The summed E-state index contributed by atoms with van der Waals surface area (Å²) in [7, 11) is 0. The molecule has 0 radical (unpaired) electrons. The van der Waals surface area contributed by atoms with Gasteiger partial charge in [0.15, 0.2) is 0 Å². The van der Waals surface area contributed by atoms with E-state index < -0.39 is 0 Å². The molecular formula is C26H30O. The van der Waals surface area contributed by atoms with Crippen LogP contribution in [0.3, 0.4) is 0 Å². The quantitative estimate of drug-likeness (QED) is 0.488. The Bertz CT molecular complexity index is 879. The van der Waals surface area contributed by atoms with Crippen molar-refractivity contribution in [3.8, 4) is 5.75 Å². The van der Waals surface area contributed by atoms with Gasteiger partial charge in [0.1, 0.15) is 5.75 Å². The topological polar surface area (TPSA) is 20.2 Å². The van der Waals surface area contributed by atoms with Crippen molar-refractivity contribution < 1.29 is 5.11 Å². The number of phenols is 1. The Hall–Kier alpha value is -2.54. The molecule has 1 heteroatoms. The van der Waals surface area contributed by atoms with Gasteiger partial charge in [-0.2, -0.15) is 0 Å². The Morgan fingerprint density at radius 3 is 1.59 bits per heavy atom. The summed E-state index contributed by atoms with van der Waals surface area (Å²) in [6, 6.07) is 23.3. The fourth-order valence-corrected chi connectivity index (χ4v) is 3.87. The first-order valence-corrected chi connectivity index (χ1v) is 10.2. The van der Waals surface area contributed by atoms with E-state index in [4.69, 9.17) is 0 Å². The third kappa shape index (κ3) is 4.80. The van der Waals surface area contributed by atoms with Crippen molar-refractivity contribution in [1.82, 2.24) is 0 Å². The van der Waals surface area contributed by atoms with E-state index in [2.05, 4.69) is 68.4 Å².